The number of halogens is 1. The average molecular weight is 640 g/mol. The Morgan fingerprint density at radius 3 is 1.74 bits per heavy atom. The Balaban J connectivity index is 2.69. The molecule has 1 rings (SSSR count). The second-order valence-electron chi connectivity index (χ2n) is 10.4. The maximum absolute atomic E-state index is 12.8. The normalized spacial score (nSPS) is 14.4. The zero-order valence-corrected chi connectivity index (χ0v) is 25.2. The highest BCUT2D eigenvalue weighted by Gasteiger charge is 2.33. The van der Waals surface area contributed by atoms with Crippen LogP contribution < -0.4 is 16.4 Å². The molecule has 0 aliphatic heterocycles. The Hall–Kier alpha value is -2.99. The molecule has 17 heteroatoms. The van der Waals surface area contributed by atoms with E-state index < -0.39 is 79.0 Å². The fraction of sp³-hybridized carbons (Fsp3) is 0.600. The summed E-state index contributed by atoms with van der Waals surface area (Å²) < 4.78 is 83.2. The highest BCUT2D eigenvalue weighted by atomic mass is 32.2. The van der Waals surface area contributed by atoms with Crippen LogP contribution in [-0.4, -0.2) is 91.4 Å². The number of hydrogen-bond acceptors (Lipinski definition) is 10. The Kier molecular flexibility index (Phi) is 14.1. The molecule has 0 aromatic heterocycles. The third kappa shape index (κ3) is 12.9. The smallest absolute Gasteiger partial charge is 0.408 e. The number of carbonyl (C=O) groups is 4. The van der Waals surface area contributed by atoms with E-state index in [1.807, 2.05) is 0 Å². The Labute approximate surface area is 244 Å². The van der Waals surface area contributed by atoms with Crippen LogP contribution in [0.5, 0.6) is 0 Å². The predicted molar refractivity (Wildman–Crippen MR) is 150 cm³/mol. The zero-order chi connectivity index (χ0) is 32.3. The number of nitrogens with one attached hydrogen (secondary N) is 2. The van der Waals surface area contributed by atoms with Crippen LogP contribution in [0.2, 0.25) is 0 Å². The van der Waals surface area contributed by atoms with Crippen molar-refractivity contribution < 1.29 is 54.2 Å². The third-order valence-corrected chi connectivity index (χ3v) is 8.18. The van der Waals surface area contributed by atoms with Crippen molar-refractivity contribution in [3.05, 3.63) is 35.4 Å². The van der Waals surface area contributed by atoms with Crippen LogP contribution in [0.25, 0.3) is 0 Å². The number of hydrogen-bond donors (Lipinski definition) is 5. The fourth-order valence-electron chi connectivity index (χ4n) is 3.79. The number of rotatable bonds is 18. The number of Topliss-reactive ketones (excluding diaryl/α,β-unsaturated/α-hetero) is 2. The van der Waals surface area contributed by atoms with Gasteiger partial charge >= 0.3 is 6.09 Å². The highest BCUT2D eigenvalue weighted by Crippen LogP contribution is 2.18. The molecule has 0 fully saturated rings. The summed E-state index contributed by atoms with van der Waals surface area (Å²) in [6.45, 7) is 4.15. The molecular formula is C25H38FN3O11S2. The molecule has 0 aliphatic carbocycles. The van der Waals surface area contributed by atoms with Crippen LogP contribution in [0.4, 0.5) is 9.18 Å². The van der Waals surface area contributed by atoms with Crippen LogP contribution in [0.15, 0.2) is 24.3 Å². The molecule has 2 amide bonds. The number of alkyl halides is 1. The van der Waals surface area contributed by atoms with Crippen LogP contribution in [0, 0.1) is 0 Å². The van der Waals surface area contributed by atoms with Gasteiger partial charge in [-0.15, -0.1) is 0 Å². The second-order valence-corrected chi connectivity index (χ2v) is 13.6. The summed E-state index contributed by atoms with van der Waals surface area (Å²) in [6.07, 6.45) is -0.710. The molecule has 0 bridgehead atoms. The lowest BCUT2D eigenvalue weighted by molar-refractivity contribution is -0.120. The minimum atomic E-state index is -4.89. The molecule has 0 saturated carbocycles. The first-order valence-corrected chi connectivity index (χ1v) is 15.9. The van der Waals surface area contributed by atoms with Crippen molar-refractivity contribution in [3.8, 4) is 0 Å². The number of benzene rings is 1. The zero-order valence-electron chi connectivity index (χ0n) is 23.5. The van der Waals surface area contributed by atoms with Gasteiger partial charge < -0.3 is 21.1 Å². The highest BCUT2D eigenvalue weighted by molar-refractivity contribution is 7.87. The Bertz CT molecular complexity index is 1310. The van der Waals surface area contributed by atoms with Gasteiger partial charge in [0.2, 0.25) is 5.91 Å². The van der Waals surface area contributed by atoms with E-state index in [0.29, 0.717) is 19.4 Å². The molecule has 0 aliphatic rings. The Morgan fingerprint density at radius 2 is 1.33 bits per heavy atom. The van der Waals surface area contributed by atoms with E-state index in [1.165, 1.54) is 0 Å². The SMILES string of the molecule is CC(C)(C)OC(=O)NC(CCCCNCCC(C(=O)c1ccc(C(=O)C(CCF)S(=O)(=O)O)cc1)S(=O)(=O)O)C(N)=O. The van der Waals surface area contributed by atoms with E-state index in [4.69, 9.17) is 10.5 Å². The largest absolute Gasteiger partial charge is 0.444 e. The lowest BCUT2D eigenvalue weighted by Crippen LogP contribution is -2.46. The average Bonchev–Trinajstić information content (AvgIpc) is 2.84. The predicted octanol–water partition coefficient (Wildman–Crippen LogP) is 1.45. The van der Waals surface area contributed by atoms with Gasteiger partial charge in [-0.1, -0.05) is 24.3 Å². The molecule has 1 aromatic carbocycles. The summed E-state index contributed by atoms with van der Waals surface area (Å²) in [6, 6.07) is 3.21. The topological polar surface area (TPSA) is 236 Å². The first kappa shape index (κ1) is 37.0. The molecule has 3 unspecified atom stereocenters. The molecule has 3 atom stereocenters. The summed E-state index contributed by atoms with van der Waals surface area (Å²) in [5.41, 5.74) is 4.11. The number of carbonyl (C=O) groups excluding carboxylic acids is 4. The standard InChI is InChI=1S/C25H38FN3O11S2/c1-25(2,3)40-24(33)29-18(23(27)32)6-4-5-14-28-15-12-20(42(37,38)39)22(31)17-9-7-16(8-10-17)21(30)19(11-13-26)41(34,35)36/h7-10,18-20,28H,4-6,11-15H2,1-3H3,(H2,27,32)(H,29,33)(H,34,35,36)(H,37,38,39). The van der Waals surface area contributed by atoms with Gasteiger partial charge in [0, 0.05) is 17.5 Å². The van der Waals surface area contributed by atoms with Crippen molar-refractivity contribution in [3.63, 3.8) is 0 Å². The van der Waals surface area contributed by atoms with Crippen LogP contribution >= 0.6 is 0 Å². The van der Waals surface area contributed by atoms with E-state index in [1.54, 1.807) is 20.8 Å². The summed E-state index contributed by atoms with van der Waals surface area (Å²) in [7, 11) is -9.73. The van der Waals surface area contributed by atoms with E-state index in [9.17, 15) is 49.5 Å². The second kappa shape index (κ2) is 16.0. The van der Waals surface area contributed by atoms with Gasteiger partial charge in [-0.2, -0.15) is 16.8 Å². The van der Waals surface area contributed by atoms with E-state index in [0.717, 1.165) is 24.3 Å². The molecule has 238 valence electrons. The van der Waals surface area contributed by atoms with Gasteiger partial charge in [0.1, 0.15) is 11.6 Å². The summed E-state index contributed by atoms with van der Waals surface area (Å²) in [5, 5.41) is 1.44. The molecule has 0 spiro atoms. The molecule has 0 saturated heterocycles. The lowest BCUT2D eigenvalue weighted by atomic mass is 10.0. The first-order chi connectivity index (χ1) is 19.3. The van der Waals surface area contributed by atoms with Crippen molar-refractivity contribution in [2.75, 3.05) is 19.8 Å². The molecule has 1 aromatic rings. The Morgan fingerprint density at radius 1 is 0.857 bits per heavy atom. The quantitative estimate of drug-likeness (QED) is 0.0872. The molecule has 6 N–H and O–H groups in total. The van der Waals surface area contributed by atoms with Gasteiger partial charge in [0.05, 0.1) is 6.67 Å². The monoisotopic (exact) mass is 639 g/mol. The third-order valence-electron chi connectivity index (χ3n) is 5.84. The molecular weight excluding hydrogens is 601 g/mol. The number of ether oxygens (including phenoxy) is 1. The minimum absolute atomic E-state index is 0.00143. The number of nitrogens with two attached hydrogens (primary N) is 1. The molecule has 42 heavy (non-hydrogen) atoms. The van der Waals surface area contributed by atoms with Crippen molar-refractivity contribution >= 4 is 43.8 Å². The van der Waals surface area contributed by atoms with Gasteiger partial charge in [-0.25, -0.2) is 4.79 Å². The number of alkyl carbamates (subject to hydrolysis) is 1. The summed E-state index contributed by atoms with van der Waals surface area (Å²) in [4.78, 5) is 48.7. The molecule has 0 radical (unpaired) electrons. The van der Waals surface area contributed by atoms with Gasteiger partial charge in [-0.05, 0) is 59.5 Å². The van der Waals surface area contributed by atoms with Crippen molar-refractivity contribution in [1.82, 2.24) is 10.6 Å². The number of primary amides is 1. The fourth-order valence-corrected chi connectivity index (χ4v) is 5.41. The molecule has 0 heterocycles. The van der Waals surface area contributed by atoms with E-state index >= 15 is 0 Å². The number of ketones is 2. The van der Waals surface area contributed by atoms with Crippen molar-refractivity contribution in [2.24, 2.45) is 5.73 Å². The van der Waals surface area contributed by atoms with E-state index in [-0.39, 0.29) is 30.5 Å². The van der Waals surface area contributed by atoms with Gasteiger partial charge in [0.25, 0.3) is 20.2 Å². The van der Waals surface area contributed by atoms with Crippen LogP contribution in [-0.2, 0) is 29.8 Å². The number of amides is 2. The summed E-state index contributed by atoms with van der Waals surface area (Å²) in [5.74, 6) is -2.82. The van der Waals surface area contributed by atoms with Crippen LogP contribution in [0.3, 0.4) is 0 Å². The van der Waals surface area contributed by atoms with Crippen molar-refractivity contribution in [1.29, 1.82) is 0 Å². The van der Waals surface area contributed by atoms with Gasteiger partial charge in [0.15, 0.2) is 22.1 Å². The number of unbranched alkanes of at least 4 members (excludes halogenated alkanes) is 1. The van der Waals surface area contributed by atoms with Gasteiger partial charge in [-0.3, -0.25) is 27.9 Å². The van der Waals surface area contributed by atoms with E-state index in [2.05, 4.69) is 10.6 Å². The maximum Gasteiger partial charge on any atom is 0.408 e. The van der Waals surface area contributed by atoms with Crippen LogP contribution in [0.1, 0.15) is 73.6 Å². The first-order valence-electron chi connectivity index (χ1n) is 12.9. The maximum atomic E-state index is 12.8. The molecule has 14 nitrogen and oxygen atoms in total. The minimum Gasteiger partial charge on any atom is -0.444 e. The summed E-state index contributed by atoms with van der Waals surface area (Å²) >= 11 is 0. The lowest BCUT2D eigenvalue weighted by Gasteiger charge is -2.22. The van der Waals surface area contributed by atoms with Crippen molar-refractivity contribution in [2.45, 2.75) is 75.0 Å².